The number of aliphatic hydroxyl groups is 2. The van der Waals surface area contributed by atoms with Crippen LogP contribution in [0.4, 0.5) is 0 Å². The number of fused-ring (bicyclic) bond motifs is 2. The molecule has 5 fully saturated rings. The largest absolute Gasteiger partial charge is 0.396 e. The summed E-state index contributed by atoms with van der Waals surface area (Å²) in [6.45, 7) is 0.200. The van der Waals surface area contributed by atoms with Crippen molar-refractivity contribution in [1.82, 2.24) is 0 Å². The molecule has 2 heteroatoms. The molecule has 5 aliphatic rings. The maximum atomic E-state index is 10.0. The van der Waals surface area contributed by atoms with Gasteiger partial charge >= 0.3 is 0 Å². The van der Waals surface area contributed by atoms with E-state index in [4.69, 9.17) is 0 Å². The van der Waals surface area contributed by atoms with Crippen molar-refractivity contribution >= 4 is 0 Å². The van der Waals surface area contributed by atoms with Crippen molar-refractivity contribution in [1.29, 1.82) is 0 Å². The third-order valence-electron chi connectivity index (χ3n) is 4.91. The Labute approximate surface area is 79.0 Å². The number of rotatable bonds is 1. The highest BCUT2D eigenvalue weighted by atomic mass is 16.3. The lowest BCUT2D eigenvalue weighted by molar-refractivity contribution is -0.156. The lowest BCUT2D eigenvalue weighted by Crippen LogP contribution is -2.56. The molecule has 5 aliphatic carbocycles. The summed E-state index contributed by atoms with van der Waals surface area (Å²) in [5.74, 6) is 2.99. The Bertz CT molecular complexity index is 214. The monoisotopic (exact) mass is 182 g/mol. The average Bonchev–Trinajstić information content (AvgIpc) is 2.19. The fourth-order valence-electron chi connectivity index (χ4n) is 4.28. The minimum atomic E-state index is -0.190. The molecule has 5 saturated carbocycles. The van der Waals surface area contributed by atoms with Gasteiger partial charge in [-0.3, -0.25) is 0 Å². The Hall–Kier alpha value is -0.0800. The first kappa shape index (κ1) is 8.25. The van der Waals surface area contributed by atoms with Crippen LogP contribution in [0.5, 0.6) is 0 Å². The summed E-state index contributed by atoms with van der Waals surface area (Å²) in [6.07, 6.45) is 5.03. The molecule has 0 heterocycles. The summed E-state index contributed by atoms with van der Waals surface area (Å²) in [6, 6.07) is 0. The van der Waals surface area contributed by atoms with Gasteiger partial charge in [0.1, 0.15) is 0 Å². The molecular formula is C11H18O2. The average molecular weight is 182 g/mol. The molecule has 2 N–H and O–H groups in total. The molecule has 6 atom stereocenters. The van der Waals surface area contributed by atoms with Crippen LogP contribution < -0.4 is 0 Å². The van der Waals surface area contributed by atoms with Crippen LogP contribution in [0.1, 0.15) is 25.7 Å². The lowest BCUT2D eigenvalue weighted by atomic mass is 9.49. The van der Waals surface area contributed by atoms with E-state index in [1.54, 1.807) is 0 Å². The molecule has 5 rings (SSSR count). The van der Waals surface area contributed by atoms with Crippen LogP contribution in [0.2, 0.25) is 0 Å². The Morgan fingerprint density at radius 2 is 1.62 bits per heavy atom. The Morgan fingerprint density at radius 1 is 1.00 bits per heavy atom. The first-order valence-electron chi connectivity index (χ1n) is 5.60. The van der Waals surface area contributed by atoms with Crippen LogP contribution in [-0.4, -0.2) is 22.9 Å². The zero-order chi connectivity index (χ0) is 9.00. The van der Waals surface area contributed by atoms with Gasteiger partial charge in [0.2, 0.25) is 0 Å². The van der Waals surface area contributed by atoms with Crippen molar-refractivity contribution in [3.63, 3.8) is 0 Å². The summed E-state index contributed by atoms with van der Waals surface area (Å²) in [7, 11) is 0. The second kappa shape index (κ2) is 2.71. The van der Waals surface area contributed by atoms with E-state index in [9.17, 15) is 10.2 Å². The molecule has 4 bridgehead atoms. The summed E-state index contributed by atoms with van der Waals surface area (Å²) in [5.41, 5.74) is 0. The molecule has 13 heavy (non-hydrogen) atoms. The van der Waals surface area contributed by atoms with E-state index in [0.717, 1.165) is 11.8 Å². The Morgan fingerprint density at radius 3 is 2.15 bits per heavy atom. The van der Waals surface area contributed by atoms with Gasteiger partial charge in [-0.2, -0.15) is 0 Å². The van der Waals surface area contributed by atoms with Crippen molar-refractivity contribution in [3.05, 3.63) is 0 Å². The minimum Gasteiger partial charge on any atom is -0.396 e. The molecule has 0 unspecified atom stereocenters. The van der Waals surface area contributed by atoms with Crippen molar-refractivity contribution in [2.45, 2.75) is 31.8 Å². The van der Waals surface area contributed by atoms with E-state index < -0.39 is 0 Å². The van der Waals surface area contributed by atoms with Gasteiger partial charge in [-0.05, 0) is 49.4 Å². The smallest absolute Gasteiger partial charge is 0.0623 e. The van der Waals surface area contributed by atoms with Crippen molar-refractivity contribution in [3.8, 4) is 0 Å². The number of aliphatic hydroxyl groups excluding tert-OH is 2. The van der Waals surface area contributed by atoms with Crippen LogP contribution in [0, 0.1) is 29.6 Å². The predicted octanol–water partition coefficient (Wildman–Crippen LogP) is 1.02. The van der Waals surface area contributed by atoms with Gasteiger partial charge in [-0.25, -0.2) is 0 Å². The SMILES string of the molecule is OC[C@@H]1[C@@H](O)[C@H]2C[C@@H]3CC[C@H]2C[C@@H]31. The maximum absolute atomic E-state index is 10.0. The topological polar surface area (TPSA) is 40.5 Å². The second-order valence-electron chi connectivity index (χ2n) is 5.23. The van der Waals surface area contributed by atoms with E-state index in [2.05, 4.69) is 0 Å². The Balaban J connectivity index is 1.91. The molecule has 0 radical (unpaired) electrons. The van der Waals surface area contributed by atoms with Gasteiger partial charge in [-0.15, -0.1) is 0 Å². The zero-order valence-electron chi connectivity index (χ0n) is 7.89. The normalized spacial score (nSPS) is 58.6. The fraction of sp³-hybridized carbons (Fsp3) is 1.00. The summed E-state index contributed by atoms with van der Waals surface area (Å²) in [5, 5.41) is 19.3. The second-order valence-corrected chi connectivity index (χ2v) is 5.23. The van der Waals surface area contributed by atoms with Crippen molar-refractivity contribution in [2.24, 2.45) is 29.6 Å². The summed E-state index contributed by atoms with van der Waals surface area (Å²) in [4.78, 5) is 0. The van der Waals surface area contributed by atoms with Crippen molar-refractivity contribution in [2.75, 3.05) is 6.61 Å². The zero-order valence-corrected chi connectivity index (χ0v) is 7.89. The van der Waals surface area contributed by atoms with E-state index in [1.807, 2.05) is 0 Å². The molecular weight excluding hydrogens is 164 g/mol. The highest BCUT2D eigenvalue weighted by molar-refractivity contribution is 5.03. The van der Waals surface area contributed by atoms with E-state index in [-0.39, 0.29) is 18.6 Å². The first-order valence-corrected chi connectivity index (χ1v) is 5.60. The van der Waals surface area contributed by atoms with Crippen LogP contribution in [0.3, 0.4) is 0 Å². The lowest BCUT2D eigenvalue weighted by Gasteiger charge is -2.58. The number of hydrogen-bond acceptors (Lipinski definition) is 2. The van der Waals surface area contributed by atoms with Crippen LogP contribution in [-0.2, 0) is 0 Å². The van der Waals surface area contributed by atoms with E-state index in [0.29, 0.717) is 11.8 Å². The van der Waals surface area contributed by atoms with Crippen molar-refractivity contribution < 1.29 is 10.2 Å². The molecule has 0 saturated heterocycles. The Kier molecular flexibility index (Phi) is 1.72. The molecule has 74 valence electrons. The van der Waals surface area contributed by atoms with Gasteiger partial charge in [0.05, 0.1) is 6.10 Å². The van der Waals surface area contributed by atoms with Crippen LogP contribution in [0.25, 0.3) is 0 Å². The molecule has 2 nitrogen and oxygen atoms in total. The molecule has 0 spiro atoms. The highest BCUT2D eigenvalue weighted by Crippen LogP contribution is 2.57. The molecule has 0 aromatic heterocycles. The third kappa shape index (κ3) is 0.962. The van der Waals surface area contributed by atoms with E-state index in [1.165, 1.54) is 25.7 Å². The number of hydrogen-bond donors (Lipinski definition) is 2. The first-order chi connectivity index (χ1) is 6.31. The van der Waals surface area contributed by atoms with Gasteiger partial charge in [0, 0.05) is 12.5 Å². The van der Waals surface area contributed by atoms with Gasteiger partial charge in [-0.1, -0.05) is 0 Å². The standard InChI is InChI=1S/C11H18O2/c12-5-10-8-3-7-2-1-6(8)4-9(7)11(10)13/h6-13H,1-5H2/t6-,7-,8-,9-,10-,11-/m0/s1. The molecule has 0 aliphatic heterocycles. The van der Waals surface area contributed by atoms with Crippen LogP contribution >= 0.6 is 0 Å². The van der Waals surface area contributed by atoms with Crippen LogP contribution in [0.15, 0.2) is 0 Å². The summed E-state index contributed by atoms with van der Waals surface area (Å²) >= 11 is 0. The molecule has 0 aromatic carbocycles. The predicted molar refractivity (Wildman–Crippen MR) is 49.0 cm³/mol. The maximum Gasteiger partial charge on any atom is 0.0623 e. The van der Waals surface area contributed by atoms with Gasteiger partial charge < -0.3 is 10.2 Å². The van der Waals surface area contributed by atoms with Gasteiger partial charge in [0.25, 0.3) is 0 Å². The minimum absolute atomic E-state index is 0.190. The highest BCUT2D eigenvalue weighted by Gasteiger charge is 2.54. The molecule has 0 amide bonds. The van der Waals surface area contributed by atoms with Gasteiger partial charge in [0.15, 0.2) is 0 Å². The summed E-state index contributed by atoms with van der Waals surface area (Å²) < 4.78 is 0. The molecule has 0 aromatic rings. The quantitative estimate of drug-likeness (QED) is 0.635. The fourth-order valence-corrected chi connectivity index (χ4v) is 4.28. The third-order valence-corrected chi connectivity index (χ3v) is 4.91. The van der Waals surface area contributed by atoms with E-state index >= 15 is 0 Å².